The van der Waals surface area contributed by atoms with Crippen LogP contribution in [-0.4, -0.2) is 67.6 Å². The van der Waals surface area contributed by atoms with Crippen molar-refractivity contribution in [1.29, 1.82) is 0 Å². The fourth-order valence-corrected chi connectivity index (χ4v) is 4.00. The number of carbonyl (C=O) groups excluding carboxylic acids is 1. The topological polar surface area (TPSA) is 70.3 Å². The molecule has 3 heterocycles. The van der Waals surface area contributed by atoms with Gasteiger partial charge in [0, 0.05) is 50.8 Å². The Bertz CT molecular complexity index is 862. The van der Waals surface area contributed by atoms with Gasteiger partial charge in [-0.25, -0.2) is 0 Å². The Labute approximate surface area is 165 Å². The van der Waals surface area contributed by atoms with Gasteiger partial charge < -0.3 is 24.3 Å². The second kappa shape index (κ2) is 8.22. The number of nitrogens with one attached hydrogen (secondary N) is 1. The molecule has 0 aliphatic carbocycles. The molecule has 0 bridgehead atoms. The minimum Gasteiger partial charge on any atom is -0.459 e. The van der Waals surface area contributed by atoms with Crippen LogP contribution in [0.25, 0.3) is 11.0 Å². The molecule has 2 aliphatic heterocycles. The largest absolute Gasteiger partial charge is 0.459 e. The molecule has 1 N–H and O–H groups in total. The number of aliphatic imine (C=N–C) groups is 1. The Morgan fingerprint density at radius 3 is 2.64 bits per heavy atom. The van der Waals surface area contributed by atoms with Crippen molar-refractivity contribution in [3.63, 3.8) is 0 Å². The van der Waals surface area contributed by atoms with E-state index in [2.05, 4.69) is 28.2 Å². The molecular weight excluding hydrogens is 356 g/mol. The Morgan fingerprint density at radius 1 is 1.21 bits per heavy atom. The van der Waals surface area contributed by atoms with Gasteiger partial charge in [0.1, 0.15) is 17.4 Å². The van der Waals surface area contributed by atoms with Crippen molar-refractivity contribution in [2.75, 3.05) is 39.8 Å². The third kappa shape index (κ3) is 3.71. The number of guanidine groups is 1. The molecular formula is C21H28N4O3. The van der Waals surface area contributed by atoms with E-state index in [9.17, 15) is 4.79 Å². The van der Waals surface area contributed by atoms with Crippen LogP contribution in [0, 0.1) is 6.92 Å². The zero-order valence-corrected chi connectivity index (χ0v) is 16.6. The van der Waals surface area contributed by atoms with Gasteiger partial charge in [-0.3, -0.25) is 9.79 Å². The van der Waals surface area contributed by atoms with Gasteiger partial charge in [0.25, 0.3) is 5.91 Å². The van der Waals surface area contributed by atoms with Gasteiger partial charge in [0.2, 0.25) is 0 Å². The van der Waals surface area contributed by atoms with Crippen LogP contribution < -0.4 is 5.32 Å². The Morgan fingerprint density at radius 2 is 1.96 bits per heavy atom. The van der Waals surface area contributed by atoms with E-state index in [1.54, 1.807) is 7.05 Å². The van der Waals surface area contributed by atoms with Crippen LogP contribution in [0.5, 0.6) is 0 Å². The van der Waals surface area contributed by atoms with E-state index in [1.807, 2.05) is 23.1 Å². The van der Waals surface area contributed by atoms with Crippen LogP contribution in [0.4, 0.5) is 0 Å². The summed E-state index contributed by atoms with van der Waals surface area (Å²) in [5, 5.41) is 4.56. The summed E-state index contributed by atoms with van der Waals surface area (Å²) in [7, 11) is 1.79. The summed E-state index contributed by atoms with van der Waals surface area (Å²) in [6.45, 7) is 6.29. The summed E-state index contributed by atoms with van der Waals surface area (Å²) in [5.74, 6) is 1.90. The van der Waals surface area contributed by atoms with Crippen LogP contribution in [0.1, 0.15) is 24.2 Å². The Balaban J connectivity index is 1.33. The van der Waals surface area contributed by atoms with Gasteiger partial charge in [-0.1, -0.05) is 18.2 Å². The second-order valence-electron chi connectivity index (χ2n) is 7.36. The molecule has 150 valence electrons. The molecule has 1 aromatic heterocycles. The molecule has 1 amide bonds. The van der Waals surface area contributed by atoms with Gasteiger partial charge in [-0.2, -0.15) is 0 Å². The molecule has 0 radical (unpaired) electrons. The number of nitrogens with zero attached hydrogens (tertiary/aromatic N) is 3. The van der Waals surface area contributed by atoms with Crippen LogP contribution >= 0.6 is 0 Å². The van der Waals surface area contributed by atoms with E-state index in [-0.39, 0.29) is 12.0 Å². The molecule has 4 rings (SSSR count). The first-order chi connectivity index (χ1) is 13.7. The highest BCUT2D eigenvalue weighted by Crippen LogP contribution is 2.24. The normalized spacial score (nSPS) is 20.8. The number of carbonyl (C=O) groups is 1. The molecule has 2 aromatic rings. The number of para-hydroxylation sites is 1. The third-order valence-electron chi connectivity index (χ3n) is 5.66. The molecule has 1 atom stereocenters. The van der Waals surface area contributed by atoms with E-state index >= 15 is 0 Å². The number of piperazine rings is 1. The predicted octanol–water partition coefficient (Wildman–Crippen LogP) is 2.14. The molecule has 1 aromatic carbocycles. The maximum atomic E-state index is 12.5. The number of benzene rings is 1. The predicted molar refractivity (Wildman–Crippen MR) is 108 cm³/mol. The minimum absolute atomic E-state index is 0.137. The molecule has 7 heteroatoms. The molecule has 7 nitrogen and oxygen atoms in total. The zero-order valence-electron chi connectivity index (χ0n) is 16.6. The van der Waals surface area contributed by atoms with Crippen molar-refractivity contribution in [3.05, 3.63) is 35.6 Å². The lowest BCUT2D eigenvalue weighted by molar-refractivity contribution is -0.142. The van der Waals surface area contributed by atoms with Gasteiger partial charge in [0.05, 0.1) is 6.54 Å². The van der Waals surface area contributed by atoms with Gasteiger partial charge in [0.15, 0.2) is 5.96 Å². The van der Waals surface area contributed by atoms with Gasteiger partial charge in [-0.05, 0) is 25.8 Å². The monoisotopic (exact) mass is 384 g/mol. The number of rotatable bonds is 3. The molecule has 2 fully saturated rings. The van der Waals surface area contributed by atoms with Gasteiger partial charge >= 0.3 is 0 Å². The lowest BCUT2D eigenvalue weighted by Gasteiger charge is -2.37. The SMILES string of the molecule is CN=C(NCc1oc2ccccc2c1C)N1CCN(C(=O)C2CCCO2)CC1. The average Bonchev–Trinajstić information content (AvgIpc) is 3.38. The van der Waals surface area contributed by atoms with E-state index in [0.29, 0.717) is 26.2 Å². The van der Waals surface area contributed by atoms with Crippen molar-refractivity contribution in [2.24, 2.45) is 4.99 Å². The second-order valence-corrected chi connectivity index (χ2v) is 7.36. The fraction of sp³-hybridized carbons (Fsp3) is 0.524. The van der Waals surface area contributed by atoms with E-state index in [1.165, 1.54) is 0 Å². The first-order valence-corrected chi connectivity index (χ1v) is 10.0. The highest BCUT2D eigenvalue weighted by molar-refractivity contribution is 5.84. The maximum Gasteiger partial charge on any atom is 0.251 e. The van der Waals surface area contributed by atoms with Crippen LogP contribution in [0.3, 0.4) is 0 Å². The zero-order chi connectivity index (χ0) is 19.5. The lowest BCUT2D eigenvalue weighted by atomic mass is 10.1. The standard InChI is InChI=1S/C21H28N4O3/c1-15-16-6-3-4-7-17(16)28-19(15)14-23-21(22-2)25-11-9-24(10-12-25)20(26)18-8-5-13-27-18/h3-4,6-7,18H,5,8-14H2,1-2H3,(H,22,23). The summed E-state index contributed by atoms with van der Waals surface area (Å²) < 4.78 is 11.5. The molecule has 0 spiro atoms. The summed E-state index contributed by atoms with van der Waals surface area (Å²) in [4.78, 5) is 21.0. The Hall–Kier alpha value is -2.54. The molecule has 2 saturated heterocycles. The van der Waals surface area contributed by atoms with Crippen molar-refractivity contribution in [1.82, 2.24) is 15.1 Å². The minimum atomic E-state index is -0.236. The number of ether oxygens (including phenoxy) is 1. The van der Waals surface area contributed by atoms with Crippen molar-refractivity contribution >= 4 is 22.8 Å². The summed E-state index contributed by atoms with van der Waals surface area (Å²) in [5.41, 5.74) is 2.07. The number of furan rings is 1. The third-order valence-corrected chi connectivity index (χ3v) is 5.66. The number of hydrogen-bond donors (Lipinski definition) is 1. The first kappa shape index (κ1) is 18.8. The van der Waals surface area contributed by atoms with Crippen LogP contribution in [0.2, 0.25) is 0 Å². The van der Waals surface area contributed by atoms with E-state index in [4.69, 9.17) is 9.15 Å². The van der Waals surface area contributed by atoms with E-state index in [0.717, 1.165) is 54.2 Å². The lowest BCUT2D eigenvalue weighted by Crippen LogP contribution is -2.55. The van der Waals surface area contributed by atoms with Crippen molar-refractivity contribution in [3.8, 4) is 0 Å². The molecule has 0 saturated carbocycles. The fourth-order valence-electron chi connectivity index (χ4n) is 4.00. The van der Waals surface area contributed by atoms with Gasteiger partial charge in [-0.15, -0.1) is 0 Å². The smallest absolute Gasteiger partial charge is 0.251 e. The number of amides is 1. The number of hydrogen-bond acceptors (Lipinski definition) is 4. The quantitative estimate of drug-likeness (QED) is 0.649. The molecule has 2 aliphatic rings. The number of fused-ring (bicyclic) bond motifs is 1. The Kier molecular flexibility index (Phi) is 5.52. The van der Waals surface area contributed by atoms with Crippen LogP contribution in [-0.2, 0) is 16.1 Å². The summed E-state index contributed by atoms with van der Waals surface area (Å²) in [6, 6.07) is 8.08. The summed E-state index contributed by atoms with van der Waals surface area (Å²) in [6.07, 6.45) is 1.59. The highest BCUT2D eigenvalue weighted by Gasteiger charge is 2.30. The summed E-state index contributed by atoms with van der Waals surface area (Å²) >= 11 is 0. The first-order valence-electron chi connectivity index (χ1n) is 10.0. The molecule has 28 heavy (non-hydrogen) atoms. The average molecular weight is 384 g/mol. The number of aryl methyl sites for hydroxylation is 1. The van der Waals surface area contributed by atoms with Crippen molar-refractivity contribution < 1.29 is 13.9 Å². The van der Waals surface area contributed by atoms with Crippen LogP contribution in [0.15, 0.2) is 33.7 Å². The highest BCUT2D eigenvalue weighted by atomic mass is 16.5. The van der Waals surface area contributed by atoms with Crippen molar-refractivity contribution in [2.45, 2.75) is 32.4 Å². The van der Waals surface area contributed by atoms with E-state index < -0.39 is 0 Å². The maximum absolute atomic E-state index is 12.5. The molecule has 1 unspecified atom stereocenters.